The van der Waals surface area contributed by atoms with Crippen LogP contribution >= 0.6 is 0 Å². The molecule has 0 aliphatic carbocycles. The summed E-state index contributed by atoms with van der Waals surface area (Å²) in [7, 11) is 0. The summed E-state index contributed by atoms with van der Waals surface area (Å²) >= 11 is 0. The van der Waals surface area contributed by atoms with Crippen LogP contribution in [0.25, 0.3) is 0 Å². The minimum atomic E-state index is -4.41. The first-order valence-corrected chi connectivity index (χ1v) is 7.27. The zero-order valence-corrected chi connectivity index (χ0v) is 12.5. The normalized spacial score (nSPS) is 17.6. The summed E-state index contributed by atoms with van der Waals surface area (Å²) in [6.07, 6.45) is -1.59. The number of alkyl halides is 3. The monoisotopic (exact) mass is 334 g/mol. The number of nitrogens with zero attached hydrogens (tertiary/aromatic N) is 4. The zero-order chi connectivity index (χ0) is 17.2. The number of halogens is 3. The molecule has 1 aliphatic heterocycles. The highest BCUT2D eigenvalue weighted by Gasteiger charge is 2.31. The Morgan fingerprint density at radius 1 is 1.25 bits per heavy atom. The molecule has 5 nitrogen and oxygen atoms in total. The van der Waals surface area contributed by atoms with Crippen molar-refractivity contribution in [3.8, 4) is 11.9 Å². The first kappa shape index (κ1) is 16.1. The summed E-state index contributed by atoms with van der Waals surface area (Å²) in [5, 5.41) is 9.12. The molecule has 0 aromatic carbocycles. The van der Waals surface area contributed by atoms with Crippen LogP contribution < -0.4 is 9.64 Å². The van der Waals surface area contributed by atoms with Gasteiger partial charge in [0.15, 0.2) is 0 Å². The molecule has 1 saturated heterocycles. The summed E-state index contributed by atoms with van der Waals surface area (Å²) in [4.78, 5) is 9.85. The Kier molecular flexibility index (Phi) is 4.25. The maximum atomic E-state index is 12.5. The van der Waals surface area contributed by atoms with Gasteiger partial charge in [0, 0.05) is 31.4 Å². The summed E-state index contributed by atoms with van der Waals surface area (Å²) in [5.74, 6) is 0.739. The highest BCUT2D eigenvalue weighted by Crippen LogP contribution is 2.30. The average Bonchev–Trinajstić information content (AvgIpc) is 3.03. The summed E-state index contributed by atoms with van der Waals surface area (Å²) in [6, 6.07) is 7.64. The van der Waals surface area contributed by atoms with Crippen LogP contribution in [0.1, 0.15) is 17.5 Å². The van der Waals surface area contributed by atoms with Crippen LogP contribution in [0, 0.1) is 11.3 Å². The molecule has 0 saturated carbocycles. The van der Waals surface area contributed by atoms with E-state index in [-0.39, 0.29) is 12.0 Å². The van der Waals surface area contributed by atoms with Gasteiger partial charge < -0.3 is 9.64 Å². The smallest absolute Gasteiger partial charge is 0.417 e. The van der Waals surface area contributed by atoms with Crippen LogP contribution in [0.15, 0.2) is 36.7 Å². The molecule has 2 aromatic heterocycles. The quantitative estimate of drug-likeness (QED) is 0.863. The third kappa shape index (κ3) is 3.40. The van der Waals surface area contributed by atoms with E-state index in [9.17, 15) is 13.2 Å². The lowest BCUT2D eigenvalue weighted by atomic mass is 10.2. The SMILES string of the molecule is N#Cc1cccnc1N1CCC(Oc2ccc(C(F)(F)F)cn2)C1. The minimum Gasteiger partial charge on any atom is -0.472 e. The fraction of sp³-hybridized carbons (Fsp3) is 0.312. The van der Waals surface area contributed by atoms with Crippen molar-refractivity contribution in [1.82, 2.24) is 9.97 Å². The number of rotatable bonds is 3. The van der Waals surface area contributed by atoms with E-state index < -0.39 is 11.7 Å². The number of anilines is 1. The van der Waals surface area contributed by atoms with Gasteiger partial charge in [0.2, 0.25) is 5.88 Å². The topological polar surface area (TPSA) is 62.0 Å². The lowest BCUT2D eigenvalue weighted by molar-refractivity contribution is -0.137. The van der Waals surface area contributed by atoms with Crippen molar-refractivity contribution in [3.63, 3.8) is 0 Å². The van der Waals surface area contributed by atoms with Gasteiger partial charge in [-0.3, -0.25) is 0 Å². The van der Waals surface area contributed by atoms with E-state index in [1.165, 1.54) is 6.07 Å². The molecular weight excluding hydrogens is 321 g/mol. The Balaban J connectivity index is 1.65. The van der Waals surface area contributed by atoms with Crippen LogP contribution in [-0.2, 0) is 6.18 Å². The van der Waals surface area contributed by atoms with E-state index in [4.69, 9.17) is 10.00 Å². The van der Waals surface area contributed by atoms with Crippen LogP contribution in [0.4, 0.5) is 19.0 Å². The second kappa shape index (κ2) is 6.35. The fourth-order valence-electron chi connectivity index (χ4n) is 2.54. The summed E-state index contributed by atoms with van der Waals surface area (Å²) < 4.78 is 43.2. The predicted octanol–water partition coefficient (Wildman–Crippen LogP) is 3.02. The molecule has 0 N–H and O–H groups in total. The number of pyridine rings is 2. The molecule has 1 fully saturated rings. The van der Waals surface area contributed by atoms with Gasteiger partial charge in [-0.2, -0.15) is 18.4 Å². The molecule has 1 aliphatic rings. The fourth-order valence-corrected chi connectivity index (χ4v) is 2.54. The van der Waals surface area contributed by atoms with E-state index in [0.29, 0.717) is 30.9 Å². The largest absolute Gasteiger partial charge is 0.472 e. The first-order chi connectivity index (χ1) is 11.5. The number of aromatic nitrogens is 2. The van der Waals surface area contributed by atoms with E-state index in [1.54, 1.807) is 18.3 Å². The van der Waals surface area contributed by atoms with Crippen molar-refractivity contribution in [1.29, 1.82) is 5.26 Å². The molecule has 3 rings (SSSR count). The van der Waals surface area contributed by atoms with Gasteiger partial charge in [0.05, 0.1) is 17.7 Å². The van der Waals surface area contributed by atoms with Crippen molar-refractivity contribution < 1.29 is 17.9 Å². The third-order valence-corrected chi connectivity index (χ3v) is 3.70. The lowest BCUT2D eigenvalue weighted by Gasteiger charge is -2.18. The standard InChI is InChI=1S/C16H13F3N4O/c17-16(18,19)12-3-4-14(22-9-12)24-13-5-7-23(10-13)15-11(8-20)2-1-6-21-15/h1-4,6,9,13H,5,7,10H2. The molecule has 1 atom stereocenters. The second-order valence-corrected chi connectivity index (χ2v) is 5.34. The van der Waals surface area contributed by atoms with Crippen LogP contribution in [0.2, 0.25) is 0 Å². The van der Waals surface area contributed by atoms with Crippen LogP contribution in [-0.4, -0.2) is 29.2 Å². The number of hydrogen-bond acceptors (Lipinski definition) is 5. The maximum Gasteiger partial charge on any atom is 0.417 e. The third-order valence-electron chi connectivity index (χ3n) is 3.70. The molecule has 0 amide bonds. The van der Waals surface area contributed by atoms with Crippen LogP contribution in [0.5, 0.6) is 5.88 Å². The van der Waals surface area contributed by atoms with Crippen molar-refractivity contribution in [2.75, 3.05) is 18.0 Å². The summed E-state index contributed by atoms with van der Waals surface area (Å²) in [6.45, 7) is 1.14. The number of ether oxygens (including phenoxy) is 1. The highest BCUT2D eigenvalue weighted by molar-refractivity contribution is 5.54. The highest BCUT2D eigenvalue weighted by atomic mass is 19.4. The van der Waals surface area contributed by atoms with E-state index >= 15 is 0 Å². The molecule has 0 spiro atoms. The van der Waals surface area contributed by atoms with Crippen LogP contribution in [0.3, 0.4) is 0 Å². The molecule has 8 heteroatoms. The van der Waals surface area contributed by atoms with Gasteiger partial charge in [-0.1, -0.05) is 0 Å². The van der Waals surface area contributed by atoms with E-state index in [1.807, 2.05) is 4.90 Å². The molecule has 0 radical (unpaired) electrons. The zero-order valence-electron chi connectivity index (χ0n) is 12.5. The molecule has 124 valence electrons. The van der Waals surface area contributed by atoms with Gasteiger partial charge in [0.25, 0.3) is 0 Å². The van der Waals surface area contributed by atoms with Gasteiger partial charge >= 0.3 is 6.18 Å². The van der Waals surface area contributed by atoms with Gasteiger partial charge in [0.1, 0.15) is 18.0 Å². The first-order valence-electron chi connectivity index (χ1n) is 7.27. The number of nitriles is 1. The van der Waals surface area contributed by atoms with Crippen molar-refractivity contribution in [3.05, 3.63) is 47.8 Å². The lowest BCUT2D eigenvalue weighted by Crippen LogP contribution is -2.26. The second-order valence-electron chi connectivity index (χ2n) is 5.34. The van der Waals surface area contributed by atoms with Gasteiger partial charge in [-0.05, 0) is 18.2 Å². The van der Waals surface area contributed by atoms with E-state index in [2.05, 4.69) is 16.0 Å². The average molecular weight is 334 g/mol. The maximum absolute atomic E-state index is 12.5. The molecule has 2 aromatic rings. The Hall–Kier alpha value is -2.82. The van der Waals surface area contributed by atoms with Gasteiger partial charge in [-0.25, -0.2) is 9.97 Å². The Bertz CT molecular complexity index is 755. The predicted molar refractivity (Wildman–Crippen MR) is 79.4 cm³/mol. The van der Waals surface area contributed by atoms with Crippen molar-refractivity contribution in [2.45, 2.75) is 18.7 Å². The molecular formula is C16H13F3N4O. The Morgan fingerprint density at radius 2 is 2.08 bits per heavy atom. The molecule has 24 heavy (non-hydrogen) atoms. The Morgan fingerprint density at radius 3 is 2.75 bits per heavy atom. The van der Waals surface area contributed by atoms with Crippen molar-refractivity contribution in [2.24, 2.45) is 0 Å². The molecule has 1 unspecified atom stereocenters. The van der Waals surface area contributed by atoms with Gasteiger partial charge in [-0.15, -0.1) is 0 Å². The van der Waals surface area contributed by atoms with Crippen molar-refractivity contribution >= 4 is 5.82 Å². The number of hydrogen-bond donors (Lipinski definition) is 0. The molecule has 0 bridgehead atoms. The Labute approximate surface area is 136 Å². The summed E-state index contributed by atoms with van der Waals surface area (Å²) in [5.41, 5.74) is -0.333. The molecule has 3 heterocycles. The van der Waals surface area contributed by atoms with E-state index in [0.717, 1.165) is 12.3 Å². The minimum absolute atomic E-state index is 0.149.